The maximum atomic E-state index is 12.7. The van der Waals surface area contributed by atoms with E-state index >= 15 is 0 Å². The predicted molar refractivity (Wildman–Crippen MR) is 120 cm³/mol. The Morgan fingerprint density at radius 2 is 2.03 bits per heavy atom. The van der Waals surface area contributed by atoms with Crippen LogP contribution in [0.5, 0.6) is 0 Å². The fraction of sp³-hybridized carbons (Fsp3) is 0.579. The minimum atomic E-state index is -0.402. The Kier molecular flexibility index (Phi) is 9.20. The van der Waals surface area contributed by atoms with Crippen LogP contribution in [0.15, 0.2) is 17.4 Å². The molecule has 0 saturated heterocycles. The average molecular weight is 459 g/mol. The van der Waals surface area contributed by atoms with Crippen LogP contribution in [-0.4, -0.2) is 49.9 Å². The van der Waals surface area contributed by atoms with Gasteiger partial charge in [-0.1, -0.05) is 55.2 Å². The quantitative estimate of drug-likeness (QED) is 0.509. The number of amides is 1. The van der Waals surface area contributed by atoms with Gasteiger partial charge in [-0.15, -0.1) is 10.2 Å². The Labute approximate surface area is 186 Å². The van der Waals surface area contributed by atoms with E-state index in [0.717, 1.165) is 36.8 Å². The molecule has 1 amide bonds. The van der Waals surface area contributed by atoms with Gasteiger partial charge in [0.05, 0.1) is 21.3 Å². The number of hydrogen-bond acceptors (Lipinski definition) is 6. The number of anilines is 1. The summed E-state index contributed by atoms with van der Waals surface area (Å²) in [5.74, 6) is 1.02. The molecule has 2 rings (SSSR count). The van der Waals surface area contributed by atoms with E-state index in [1.807, 2.05) is 21.0 Å². The maximum absolute atomic E-state index is 12.7. The second-order valence-corrected chi connectivity index (χ2v) is 9.12. The lowest BCUT2D eigenvalue weighted by atomic mass is 10.2. The van der Waals surface area contributed by atoms with Crippen LogP contribution in [0.1, 0.15) is 51.9 Å². The zero-order valence-corrected chi connectivity index (χ0v) is 19.8. The Bertz CT molecular complexity index is 829. The molecule has 1 N–H and O–H groups in total. The average Bonchev–Trinajstić information content (AvgIpc) is 3.04. The summed E-state index contributed by atoms with van der Waals surface area (Å²) in [6.07, 6.45) is 4.46. The standard InChI is InChI=1S/C19H28Cl2N6OS/c1-6-8-9-27-17(15(7-2)26(4)5)24-25-19(27)29-12(3)18(28)23-16-14(21)10-13(20)11-22-16/h10-12,15H,6-9H2,1-5H3,(H,22,23,28). The molecule has 2 unspecified atom stereocenters. The van der Waals surface area contributed by atoms with Crippen LogP contribution in [-0.2, 0) is 11.3 Å². The number of thioether (sulfide) groups is 1. The number of carbonyl (C=O) groups excluding carboxylic acids is 1. The number of aromatic nitrogens is 4. The van der Waals surface area contributed by atoms with Gasteiger partial charge in [-0.3, -0.25) is 9.69 Å². The molecule has 0 aliphatic carbocycles. The van der Waals surface area contributed by atoms with Gasteiger partial charge in [-0.05, 0) is 39.9 Å². The van der Waals surface area contributed by atoms with Crippen molar-refractivity contribution in [1.29, 1.82) is 0 Å². The molecule has 0 aliphatic heterocycles. The van der Waals surface area contributed by atoms with E-state index in [1.54, 1.807) is 6.07 Å². The summed E-state index contributed by atoms with van der Waals surface area (Å²) in [4.78, 5) is 18.9. The molecule has 0 bridgehead atoms. The molecule has 2 atom stereocenters. The summed E-state index contributed by atoms with van der Waals surface area (Å²) < 4.78 is 2.14. The van der Waals surface area contributed by atoms with Gasteiger partial charge in [0.25, 0.3) is 0 Å². The summed E-state index contributed by atoms with van der Waals surface area (Å²) in [7, 11) is 4.08. The van der Waals surface area contributed by atoms with Crippen molar-refractivity contribution < 1.29 is 4.79 Å². The third-order valence-electron chi connectivity index (χ3n) is 4.49. The third kappa shape index (κ3) is 6.31. The minimum Gasteiger partial charge on any atom is -0.308 e. The molecule has 7 nitrogen and oxygen atoms in total. The van der Waals surface area contributed by atoms with Gasteiger partial charge >= 0.3 is 0 Å². The van der Waals surface area contributed by atoms with Gasteiger partial charge in [-0.2, -0.15) is 0 Å². The van der Waals surface area contributed by atoms with Gasteiger partial charge in [0.15, 0.2) is 16.8 Å². The van der Waals surface area contributed by atoms with Crippen LogP contribution in [0, 0.1) is 0 Å². The number of rotatable bonds is 10. The highest BCUT2D eigenvalue weighted by Crippen LogP contribution is 2.29. The first-order valence-electron chi connectivity index (χ1n) is 9.66. The molecule has 29 heavy (non-hydrogen) atoms. The number of unbranched alkanes of at least 4 members (excludes halogenated alkanes) is 1. The highest BCUT2D eigenvalue weighted by Gasteiger charge is 2.25. The number of pyridine rings is 1. The van der Waals surface area contributed by atoms with Crippen LogP contribution in [0.3, 0.4) is 0 Å². The Hall–Kier alpha value is -1.35. The minimum absolute atomic E-state index is 0.176. The van der Waals surface area contributed by atoms with Gasteiger partial charge in [0.1, 0.15) is 0 Å². The molecule has 0 aliphatic rings. The molecule has 10 heteroatoms. The van der Waals surface area contributed by atoms with Crippen molar-refractivity contribution in [2.24, 2.45) is 0 Å². The van der Waals surface area contributed by atoms with Gasteiger partial charge < -0.3 is 9.88 Å². The van der Waals surface area contributed by atoms with Gasteiger partial charge in [0, 0.05) is 12.7 Å². The topological polar surface area (TPSA) is 75.9 Å². The predicted octanol–water partition coefficient (Wildman–Crippen LogP) is 4.91. The second-order valence-electron chi connectivity index (χ2n) is 6.97. The van der Waals surface area contributed by atoms with E-state index in [2.05, 4.69) is 43.8 Å². The SMILES string of the molecule is CCCCn1c(SC(C)C(=O)Nc2ncc(Cl)cc2Cl)nnc1C(CC)N(C)C. The van der Waals surface area contributed by atoms with Crippen LogP contribution in [0.4, 0.5) is 5.82 Å². The first-order chi connectivity index (χ1) is 13.8. The largest absolute Gasteiger partial charge is 0.308 e. The fourth-order valence-electron chi connectivity index (χ4n) is 2.88. The van der Waals surface area contributed by atoms with E-state index in [1.165, 1.54) is 18.0 Å². The fourth-order valence-corrected chi connectivity index (χ4v) is 4.18. The highest BCUT2D eigenvalue weighted by molar-refractivity contribution is 8.00. The summed E-state index contributed by atoms with van der Waals surface area (Å²) >= 11 is 13.3. The molecule has 0 spiro atoms. The number of hydrogen-bond donors (Lipinski definition) is 1. The number of nitrogens with zero attached hydrogens (tertiary/aromatic N) is 5. The highest BCUT2D eigenvalue weighted by atomic mass is 35.5. The van der Waals surface area contributed by atoms with Crippen molar-refractivity contribution in [3.63, 3.8) is 0 Å². The molecule has 0 radical (unpaired) electrons. The molecule has 160 valence electrons. The lowest BCUT2D eigenvalue weighted by Crippen LogP contribution is -2.25. The first kappa shape index (κ1) is 23.9. The summed E-state index contributed by atoms with van der Waals surface area (Å²) in [6.45, 7) is 6.93. The van der Waals surface area contributed by atoms with Gasteiger partial charge in [0.2, 0.25) is 5.91 Å². The van der Waals surface area contributed by atoms with E-state index < -0.39 is 5.25 Å². The Morgan fingerprint density at radius 1 is 1.31 bits per heavy atom. The summed E-state index contributed by atoms with van der Waals surface area (Å²) in [5, 5.41) is 12.6. The third-order valence-corrected chi connectivity index (χ3v) is 6.06. The zero-order chi connectivity index (χ0) is 21.6. The van der Waals surface area contributed by atoms with E-state index in [-0.39, 0.29) is 11.9 Å². The molecule has 0 aromatic carbocycles. The molecule has 0 fully saturated rings. The smallest absolute Gasteiger partial charge is 0.238 e. The lowest BCUT2D eigenvalue weighted by Gasteiger charge is -2.23. The summed E-state index contributed by atoms with van der Waals surface area (Å²) in [6, 6.07) is 1.72. The Morgan fingerprint density at radius 3 is 2.62 bits per heavy atom. The molecular weight excluding hydrogens is 431 g/mol. The normalized spacial score (nSPS) is 13.5. The Balaban J connectivity index is 2.18. The lowest BCUT2D eigenvalue weighted by molar-refractivity contribution is -0.115. The van der Waals surface area contributed by atoms with Crippen molar-refractivity contribution in [3.8, 4) is 0 Å². The van der Waals surface area contributed by atoms with Crippen LogP contribution < -0.4 is 5.32 Å². The van der Waals surface area contributed by atoms with Crippen molar-refractivity contribution in [2.75, 3.05) is 19.4 Å². The van der Waals surface area contributed by atoms with Crippen molar-refractivity contribution >= 4 is 46.7 Å². The van der Waals surface area contributed by atoms with Crippen LogP contribution >= 0.6 is 35.0 Å². The molecule has 2 heterocycles. The maximum Gasteiger partial charge on any atom is 0.238 e. The molecule has 2 aromatic rings. The van der Waals surface area contributed by atoms with E-state index in [4.69, 9.17) is 23.2 Å². The van der Waals surface area contributed by atoms with Gasteiger partial charge in [-0.25, -0.2) is 4.98 Å². The van der Waals surface area contributed by atoms with Crippen molar-refractivity contribution in [3.05, 3.63) is 28.1 Å². The molecule has 2 aromatic heterocycles. The zero-order valence-electron chi connectivity index (χ0n) is 17.4. The monoisotopic (exact) mass is 458 g/mol. The van der Waals surface area contributed by atoms with Crippen LogP contribution in [0.2, 0.25) is 10.0 Å². The number of nitrogens with one attached hydrogen (secondary N) is 1. The van der Waals surface area contributed by atoms with Crippen molar-refractivity contribution in [2.45, 2.75) is 63.0 Å². The van der Waals surface area contributed by atoms with Crippen molar-refractivity contribution in [1.82, 2.24) is 24.6 Å². The number of halogens is 2. The van der Waals surface area contributed by atoms with Crippen LogP contribution in [0.25, 0.3) is 0 Å². The second kappa shape index (κ2) is 11.2. The first-order valence-corrected chi connectivity index (χ1v) is 11.3. The van der Waals surface area contributed by atoms with E-state index in [0.29, 0.717) is 15.9 Å². The molecular formula is C19H28Cl2N6OS. The molecule has 0 saturated carbocycles. The summed E-state index contributed by atoms with van der Waals surface area (Å²) in [5.41, 5.74) is 0. The van der Waals surface area contributed by atoms with E-state index in [9.17, 15) is 4.79 Å². The number of carbonyl (C=O) groups is 1.